The summed E-state index contributed by atoms with van der Waals surface area (Å²) >= 11 is 5.76. The number of aromatic nitrogens is 3. The Labute approximate surface area is 115 Å². The Morgan fingerprint density at radius 2 is 2.05 bits per heavy atom. The van der Waals surface area contributed by atoms with E-state index >= 15 is 0 Å². The molecule has 0 aliphatic rings. The summed E-state index contributed by atoms with van der Waals surface area (Å²) in [6.45, 7) is 1.53. The van der Waals surface area contributed by atoms with Gasteiger partial charge in [-0.1, -0.05) is 11.6 Å². The van der Waals surface area contributed by atoms with Crippen LogP contribution in [0.5, 0.6) is 0 Å². The molecule has 106 valence electrons. The van der Waals surface area contributed by atoms with E-state index in [1.165, 1.54) is 13.1 Å². The van der Waals surface area contributed by atoms with Gasteiger partial charge in [0.1, 0.15) is 11.3 Å². The molecule has 5 nitrogen and oxygen atoms in total. The molecule has 1 N–H and O–H groups in total. The van der Waals surface area contributed by atoms with Crippen molar-refractivity contribution in [3.05, 3.63) is 40.3 Å². The van der Waals surface area contributed by atoms with Crippen LogP contribution in [0.15, 0.2) is 18.3 Å². The first-order valence-electron chi connectivity index (χ1n) is 5.24. The smallest absolute Gasteiger partial charge is 0.433 e. The molecule has 2 heterocycles. The lowest BCUT2D eigenvalue weighted by Gasteiger charge is -2.10. The molecule has 0 saturated heterocycles. The maximum atomic E-state index is 12.6. The van der Waals surface area contributed by atoms with Gasteiger partial charge in [-0.25, -0.2) is 14.5 Å². The van der Waals surface area contributed by atoms with Crippen LogP contribution in [0.4, 0.5) is 13.2 Å². The first-order valence-corrected chi connectivity index (χ1v) is 5.61. The number of aryl methyl sites for hydroxylation is 1. The lowest BCUT2D eigenvalue weighted by molar-refractivity contribution is -0.141. The van der Waals surface area contributed by atoms with Gasteiger partial charge in [0.25, 0.3) is 0 Å². The second kappa shape index (κ2) is 4.78. The second-order valence-corrected chi connectivity index (χ2v) is 4.28. The van der Waals surface area contributed by atoms with Gasteiger partial charge in [-0.15, -0.1) is 0 Å². The van der Waals surface area contributed by atoms with Crippen LogP contribution in [-0.4, -0.2) is 25.8 Å². The van der Waals surface area contributed by atoms with Crippen molar-refractivity contribution >= 4 is 17.6 Å². The second-order valence-electron chi connectivity index (χ2n) is 3.88. The van der Waals surface area contributed by atoms with Crippen LogP contribution in [0.3, 0.4) is 0 Å². The molecule has 2 rings (SSSR count). The van der Waals surface area contributed by atoms with Gasteiger partial charge in [0.2, 0.25) is 0 Å². The number of aromatic carboxylic acids is 1. The Morgan fingerprint density at radius 1 is 1.40 bits per heavy atom. The number of rotatable bonds is 2. The number of hydrogen-bond donors (Lipinski definition) is 1. The maximum Gasteiger partial charge on any atom is 0.433 e. The van der Waals surface area contributed by atoms with E-state index in [-0.39, 0.29) is 5.02 Å². The van der Waals surface area contributed by atoms with E-state index in [0.29, 0.717) is 11.8 Å². The third-order valence-electron chi connectivity index (χ3n) is 2.45. The highest BCUT2D eigenvalue weighted by Crippen LogP contribution is 2.29. The van der Waals surface area contributed by atoms with Crippen LogP contribution in [0.1, 0.15) is 21.7 Å². The molecule has 2 aromatic rings. The van der Waals surface area contributed by atoms with E-state index < -0.39 is 29.2 Å². The first-order chi connectivity index (χ1) is 9.20. The number of halogens is 4. The van der Waals surface area contributed by atoms with Gasteiger partial charge in [-0.05, 0) is 19.1 Å². The van der Waals surface area contributed by atoms with Crippen molar-refractivity contribution in [2.75, 3.05) is 0 Å². The van der Waals surface area contributed by atoms with E-state index in [2.05, 4.69) is 10.1 Å². The fourth-order valence-corrected chi connectivity index (χ4v) is 1.63. The number of carbonyl (C=O) groups is 1. The van der Waals surface area contributed by atoms with Crippen molar-refractivity contribution in [2.24, 2.45) is 0 Å². The van der Waals surface area contributed by atoms with Gasteiger partial charge in [0.05, 0.1) is 16.9 Å². The summed E-state index contributed by atoms with van der Waals surface area (Å²) in [6, 6.07) is 1.43. The lowest BCUT2D eigenvalue weighted by Crippen LogP contribution is -2.14. The molecular formula is C11H7ClF3N3O2. The Bertz CT molecular complexity index is 663. The van der Waals surface area contributed by atoms with Crippen molar-refractivity contribution in [1.29, 1.82) is 0 Å². The molecular weight excluding hydrogens is 299 g/mol. The minimum atomic E-state index is -4.68. The van der Waals surface area contributed by atoms with Gasteiger partial charge in [-0.2, -0.15) is 18.3 Å². The highest BCUT2D eigenvalue weighted by atomic mass is 35.5. The number of carboxylic acids is 1. The average molecular weight is 306 g/mol. The average Bonchev–Trinajstić information content (AvgIpc) is 2.67. The third-order valence-corrected chi connectivity index (χ3v) is 2.82. The van der Waals surface area contributed by atoms with Crippen LogP contribution in [0.25, 0.3) is 5.82 Å². The highest BCUT2D eigenvalue weighted by Gasteiger charge is 2.34. The first kappa shape index (κ1) is 14.3. The molecule has 20 heavy (non-hydrogen) atoms. The van der Waals surface area contributed by atoms with E-state index in [1.54, 1.807) is 0 Å². The zero-order valence-electron chi connectivity index (χ0n) is 9.94. The van der Waals surface area contributed by atoms with Crippen LogP contribution >= 0.6 is 11.6 Å². The Kier molecular flexibility index (Phi) is 3.43. The van der Waals surface area contributed by atoms with Crippen LogP contribution < -0.4 is 0 Å². The van der Waals surface area contributed by atoms with E-state index in [1.807, 2.05) is 0 Å². The summed E-state index contributed by atoms with van der Waals surface area (Å²) in [6.07, 6.45) is -3.48. The number of pyridine rings is 1. The predicted molar refractivity (Wildman–Crippen MR) is 63.1 cm³/mol. The normalized spacial score (nSPS) is 11.7. The van der Waals surface area contributed by atoms with Gasteiger partial charge in [0, 0.05) is 0 Å². The molecule has 0 atom stereocenters. The third kappa shape index (κ3) is 2.60. The van der Waals surface area contributed by atoms with Crippen molar-refractivity contribution in [3.8, 4) is 5.82 Å². The molecule has 0 unspecified atom stereocenters. The monoisotopic (exact) mass is 305 g/mol. The van der Waals surface area contributed by atoms with Crippen LogP contribution in [-0.2, 0) is 6.18 Å². The summed E-state index contributed by atoms with van der Waals surface area (Å²) in [5.41, 5.74) is -1.26. The molecule has 0 aromatic carbocycles. The van der Waals surface area contributed by atoms with Gasteiger partial charge in [0.15, 0.2) is 5.82 Å². The molecule has 0 radical (unpaired) electrons. The van der Waals surface area contributed by atoms with E-state index in [4.69, 9.17) is 16.7 Å². The standard InChI is InChI=1S/C11H7ClF3N3O2/c1-5-7(12)4-18(17-5)9-6(10(19)20)2-3-8(16-9)11(13,14)15/h2-4H,1H3,(H,19,20). The summed E-state index contributed by atoms with van der Waals surface area (Å²) in [5.74, 6) is -1.85. The summed E-state index contributed by atoms with van der Waals surface area (Å²) in [7, 11) is 0. The minimum Gasteiger partial charge on any atom is -0.478 e. The quantitative estimate of drug-likeness (QED) is 0.926. The van der Waals surface area contributed by atoms with Crippen LogP contribution in [0, 0.1) is 6.92 Å². The summed E-state index contributed by atoms with van der Waals surface area (Å²) in [5, 5.41) is 13.0. The molecule has 0 spiro atoms. The highest BCUT2D eigenvalue weighted by molar-refractivity contribution is 6.31. The SMILES string of the molecule is Cc1nn(-c2nc(C(F)(F)F)ccc2C(=O)O)cc1Cl. The van der Waals surface area contributed by atoms with Crippen LogP contribution in [0.2, 0.25) is 5.02 Å². The number of carboxylic acid groups (broad SMARTS) is 1. The number of alkyl halides is 3. The van der Waals surface area contributed by atoms with E-state index in [0.717, 1.165) is 10.7 Å². The zero-order valence-corrected chi connectivity index (χ0v) is 10.7. The summed E-state index contributed by atoms with van der Waals surface area (Å²) in [4.78, 5) is 14.4. The molecule has 0 amide bonds. The van der Waals surface area contributed by atoms with E-state index in [9.17, 15) is 18.0 Å². The fourth-order valence-electron chi connectivity index (χ4n) is 1.50. The zero-order chi connectivity index (χ0) is 15.1. The molecule has 9 heteroatoms. The number of hydrogen-bond acceptors (Lipinski definition) is 3. The molecule has 0 fully saturated rings. The molecule has 0 aliphatic carbocycles. The predicted octanol–water partition coefficient (Wildman–Crippen LogP) is 2.95. The minimum absolute atomic E-state index is 0.195. The largest absolute Gasteiger partial charge is 0.478 e. The van der Waals surface area contributed by atoms with Crippen molar-refractivity contribution in [3.63, 3.8) is 0 Å². The maximum absolute atomic E-state index is 12.6. The Balaban J connectivity index is 2.67. The van der Waals surface area contributed by atoms with Gasteiger partial charge in [-0.3, -0.25) is 0 Å². The van der Waals surface area contributed by atoms with Gasteiger partial charge < -0.3 is 5.11 Å². The Morgan fingerprint density at radius 3 is 2.50 bits per heavy atom. The topological polar surface area (TPSA) is 68.0 Å². The number of nitrogens with zero attached hydrogens (tertiary/aromatic N) is 3. The van der Waals surface area contributed by atoms with Crippen molar-refractivity contribution < 1.29 is 23.1 Å². The lowest BCUT2D eigenvalue weighted by atomic mass is 10.2. The molecule has 0 saturated carbocycles. The van der Waals surface area contributed by atoms with Crippen molar-refractivity contribution in [2.45, 2.75) is 13.1 Å². The Hall–Kier alpha value is -2.09. The fraction of sp³-hybridized carbons (Fsp3) is 0.182. The molecule has 0 aliphatic heterocycles. The molecule has 2 aromatic heterocycles. The van der Waals surface area contributed by atoms with Crippen molar-refractivity contribution in [1.82, 2.24) is 14.8 Å². The molecule has 0 bridgehead atoms. The van der Waals surface area contributed by atoms with Gasteiger partial charge >= 0.3 is 12.1 Å². The summed E-state index contributed by atoms with van der Waals surface area (Å²) < 4.78 is 38.8.